The van der Waals surface area contributed by atoms with Crippen LogP contribution < -0.4 is 15.4 Å². The van der Waals surface area contributed by atoms with E-state index in [4.69, 9.17) is 9.84 Å². The van der Waals surface area contributed by atoms with Gasteiger partial charge in [-0.3, -0.25) is 0 Å². The van der Waals surface area contributed by atoms with Crippen molar-refractivity contribution in [1.29, 1.82) is 0 Å². The van der Waals surface area contributed by atoms with Gasteiger partial charge in [0.25, 0.3) is 0 Å². The summed E-state index contributed by atoms with van der Waals surface area (Å²) in [7, 11) is 0. The van der Waals surface area contributed by atoms with Crippen LogP contribution in [0.2, 0.25) is 0 Å². The first-order valence-corrected chi connectivity index (χ1v) is 6.63. The number of carboxylic acids is 1. The van der Waals surface area contributed by atoms with Crippen molar-refractivity contribution in [2.24, 2.45) is 5.92 Å². The molecule has 1 aromatic rings. The smallest absolute Gasteiger partial charge is 0.341 e. The van der Waals surface area contributed by atoms with Crippen LogP contribution >= 0.6 is 0 Å². The lowest BCUT2D eigenvalue weighted by Crippen LogP contribution is -2.29. The van der Waals surface area contributed by atoms with Gasteiger partial charge in [-0.15, -0.1) is 0 Å². The van der Waals surface area contributed by atoms with Crippen LogP contribution in [0.1, 0.15) is 19.3 Å². The normalized spacial score (nSPS) is 13.6. The highest BCUT2D eigenvalue weighted by Gasteiger charge is 2.20. The third-order valence-corrected chi connectivity index (χ3v) is 2.99. The number of carbonyl (C=O) groups excluding carboxylic acids is 1. The van der Waals surface area contributed by atoms with Gasteiger partial charge < -0.3 is 20.5 Å². The third kappa shape index (κ3) is 5.17. The van der Waals surface area contributed by atoms with E-state index < -0.39 is 12.6 Å². The molecule has 20 heavy (non-hydrogen) atoms. The van der Waals surface area contributed by atoms with Crippen LogP contribution in [-0.2, 0) is 4.79 Å². The summed E-state index contributed by atoms with van der Waals surface area (Å²) < 4.78 is 5.04. The second kappa shape index (κ2) is 6.79. The predicted molar refractivity (Wildman–Crippen MR) is 73.9 cm³/mol. The summed E-state index contributed by atoms with van der Waals surface area (Å²) in [5.41, 5.74) is 0.566. The van der Waals surface area contributed by atoms with Gasteiger partial charge in [-0.1, -0.05) is 18.9 Å². The first-order chi connectivity index (χ1) is 9.63. The largest absolute Gasteiger partial charge is 0.482 e. The van der Waals surface area contributed by atoms with Crippen LogP contribution in [0.15, 0.2) is 24.3 Å². The Hall–Kier alpha value is -2.24. The van der Waals surface area contributed by atoms with Crippen molar-refractivity contribution < 1.29 is 19.4 Å². The van der Waals surface area contributed by atoms with E-state index in [1.165, 1.54) is 12.8 Å². The first kappa shape index (κ1) is 14.2. The van der Waals surface area contributed by atoms with E-state index in [9.17, 15) is 9.59 Å². The number of carbonyl (C=O) groups is 2. The fourth-order valence-corrected chi connectivity index (χ4v) is 1.78. The van der Waals surface area contributed by atoms with Gasteiger partial charge in [0.05, 0.1) is 0 Å². The molecule has 0 aliphatic heterocycles. The number of aliphatic carboxylic acids is 1. The molecule has 1 aromatic carbocycles. The first-order valence-electron chi connectivity index (χ1n) is 6.63. The molecule has 0 aromatic heterocycles. The molecule has 0 saturated heterocycles. The van der Waals surface area contributed by atoms with Crippen molar-refractivity contribution in [3.63, 3.8) is 0 Å². The standard InChI is InChI=1S/C14H18N2O4/c17-13(18)9-20-12-3-1-2-11(8-12)16-14(19)15-7-6-10-4-5-10/h1-3,8,10H,4-7,9H2,(H,17,18)(H2,15,16,19). The van der Waals surface area contributed by atoms with Gasteiger partial charge in [0.15, 0.2) is 6.61 Å². The number of hydrogen-bond donors (Lipinski definition) is 3. The SMILES string of the molecule is O=C(O)COc1cccc(NC(=O)NCCC2CC2)c1. The van der Waals surface area contributed by atoms with Gasteiger partial charge in [-0.05, 0) is 24.5 Å². The predicted octanol–water partition coefficient (Wildman–Crippen LogP) is 2.07. The van der Waals surface area contributed by atoms with Crippen LogP contribution in [0.3, 0.4) is 0 Å². The Kier molecular flexibility index (Phi) is 4.81. The van der Waals surface area contributed by atoms with Crippen molar-refractivity contribution in [3.8, 4) is 5.75 Å². The topological polar surface area (TPSA) is 87.7 Å². The Morgan fingerprint density at radius 2 is 2.15 bits per heavy atom. The monoisotopic (exact) mass is 278 g/mol. The van der Waals surface area contributed by atoms with Crippen LogP contribution in [0.4, 0.5) is 10.5 Å². The maximum Gasteiger partial charge on any atom is 0.341 e. The van der Waals surface area contributed by atoms with E-state index in [0.29, 0.717) is 18.0 Å². The minimum atomic E-state index is -1.04. The average Bonchev–Trinajstić information content (AvgIpc) is 3.21. The van der Waals surface area contributed by atoms with E-state index in [1.54, 1.807) is 24.3 Å². The molecule has 0 heterocycles. The lowest BCUT2D eigenvalue weighted by molar-refractivity contribution is -0.139. The highest BCUT2D eigenvalue weighted by atomic mass is 16.5. The molecular weight excluding hydrogens is 260 g/mol. The Morgan fingerprint density at radius 3 is 2.85 bits per heavy atom. The summed E-state index contributed by atoms with van der Waals surface area (Å²) in [6, 6.07) is 6.37. The molecule has 108 valence electrons. The van der Waals surface area contributed by atoms with Crippen molar-refractivity contribution >= 4 is 17.7 Å². The number of benzene rings is 1. The summed E-state index contributed by atoms with van der Waals surface area (Å²) in [6.07, 6.45) is 3.56. The summed E-state index contributed by atoms with van der Waals surface area (Å²) in [5, 5.41) is 14.0. The molecule has 1 saturated carbocycles. The average molecular weight is 278 g/mol. The number of nitrogens with one attached hydrogen (secondary N) is 2. The highest BCUT2D eigenvalue weighted by Crippen LogP contribution is 2.31. The summed E-state index contributed by atoms with van der Waals surface area (Å²) >= 11 is 0. The van der Waals surface area contributed by atoms with E-state index >= 15 is 0 Å². The van der Waals surface area contributed by atoms with Crippen molar-refractivity contribution in [2.45, 2.75) is 19.3 Å². The van der Waals surface area contributed by atoms with Gasteiger partial charge in [0.1, 0.15) is 5.75 Å². The Labute approximate surface area is 117 Å². The Bertz CT molecular complexity index is 486. The van der Waals surface area contributed by atoms with Gasteiger partial charge >= 0.3 is 12.0 Å². The zero-order chi connectivity index (χ0) is 14.4. The van der Waals surface area contributed by atoms with E-state index in [2.05, 4.69) is 10.6 Å². The number of rotatable bonds is 7. The minimum absolute atomic E-state index is 0.263. The lowest BCUT2D eigenvalue weighted by Gasteiger charge is -2.09. The lowest BCUT2D eigenvalue weighted by atomic mass is 10.3. The number of carboxylic acid groups (broad SMARTS) is 1. The van der Waals surface area contributed by atoms with Crippen molar-refractivity contribution in [3.05, 3.63) is 24.3 Å². The second-order valence-electron chi connectivity index (χ2n) is 4.82. The van der Waals surface area contributed by atoms with E-state index in [-0.39, 0.29) is 6.03 Å². The number of urea groups is 1. The zero-order valence-corrected chi connectivity index (χ0v) is 11.1. The summed E-state index contributed by atoms with van der Waals surface area (Å²) in [6.45, 7) is 0.267. The van der Waals surface area contributed by atoms with Gasteiger partial charge in [0, 0.05) is 18.3 Å². The molecule has 0 spiro atoms. The molecule has 6 nitrogen and oxygen atoms in total. The van der Waals surface area contributed by atoms with Crippen molar-refractivity contribution in [1.82, 2.24) is 5.32 Å². The maximum absolute atomic E-state index is 11.6. The minimum Gasteiger partial charge on any atom is -0.482 e. The van der Waals surface area contributed by atoms with Crippen molar-refractivity contribution in [2.75, 3.05) is 18.5 Å². The fourth-order valence-electron chi connectivity index (χ4n) is 1.78. The number of ether oxygens (including phenoxy) is 1. The summed E-state index contributed by atoms with van der Waals surface area (Å²) in [5.74, 6) is 0.146. The molecule has 1 aliphatic carbocycles. The molecule has 3 N–H and O–H groups in total. The third-order valence-electron chi connectivity index (χ3n) is 2.99. The van der Waals surface area contributed by atoms with E-state index in [0.717, 1.165) is 12.3 Å². The molecule has 0 unspecified atom stereocenters. The van der Waals surface area contributed by atoms with Gasteiger partial charge in [0.2, 0.25) is 0 Å². The Balaban J connectivity index is 1.76. The molecule has 2 rings (SSSR count). The zero-order valence-electron chi connectivity index (χ0n) is 11.1. The molecule has 2 amide bonds. The molecule has 0 radical (unpaired) electrons. The number of anilines is 1. The Morgan fingerprint density at radius 1 is 1.35 bits per heavy atom. The van der Waals surface area contributed by atoms with Crippen LogP contribution in [0.5, 0.6) is 5.75 Å². The molecule has 6 heteroatoms. The molecule has 1 aliphatic rings. The maximum atomic E-state index is 11.6. The van der Waals surface area contributed by atoms with Crippen LogP contribution in [-0.4, -0.2) is 30.3 Å². The second-order valence-corrected chi connectivity index (χ2v) is 4.82. The molecule has 0 bridgehead atoms. The quantitative estimate of drug-likeness (QED) is 0.712. The fraction of sp³-hybridized carbons (Fsp3) is 0.429. The van der Waals surface area contributed by atoms with Gasteiger partial charge in [-0.2, -0.15) is 0 Å². The van der Waals surface area contributed by atoms with Crippen LogP contribution in [0, 0.1) is 5.92 Å². The van der Waals surface area contributed by atoms with E-state index in [1.807, 2.05) is 0 Å². The van der Waals surface area contributed by atoms with Crippen LogP contribution in [0.25, 0.3) is 0 Å². The van der Waals surface area contributed by atoms with Gasteiger partial charge in [-0.25, -0.2) is 9.59 Å². The molecule has 1 fully saturated rings. The molecule has 0 atom stereocenters. The number of hydrogen-bond acceptors (Lipinski definition) is 3. The highest BCUT2D eigenvalue weighted by molar-refractivity contribution is 5.89. The summed E-state index contributed by atoms with van der Waals surface area (Å²) in [4.78, 5) is 22.0. The molecular formula is C14H18N2O4. The number of amides is 2.